The molecule has 0 N–H and O–H groups in total. The zero-order valence-electron chi connectivity index (χ0n) is 34.1. The van der Waals surface area contributed by atoms with Gasteiger partial charge in [0.15, 0.2) is 17.5 Å². The number of fused-ring (bicyclic) bond motifs is 12. The minimum atomic E-state index is 0.521. The fourth-order valence-corrected chi connectivity index (χ4v) is 9.89. The molecule has 0 saturated carbocycles. The van der Waals surface area contributed by atoms with Crippen LogP contribution in [0.3, 0.4) is 0 Å². The lowest BCUT2D eigenvalue weighted by Gasteiger charge is -2.12. The average molecular weight is 820 g/mol. The minimum absolute atomic E-state index is 0.521. The highest BCUT2D eigenvalue weighted by molar-refractivity contribution is 6.19. The highest BCUT2D eigenvalue weighted by Gasteiger charge is 2.21. The summed E-state index contributed by atoms with van der Waals surface area (Å²) in [6, 6.07) is 69.8. The lowest BCUT2D eigenvalue weighted by atomic mass is 10.1. The van der Waals surface area contributed by atoms with Crippen LogP contribution in [0.15, 0.2) is 209 Å². The van der Waals surface area contributed by atoms with Gasteiger partial charge in [-0.25, -0.2) is 15.0 Å². The molecule has 0 saturated heterocycles. The molecule has 0 aliphatic carbocycles. The van der Waals surface area contributed by atoms with Crippen LogP contribution in [0.5, 0.6) is 0 Å². The van der Waals surface area contributed by atoms with Crippen molar-refractivity contribution in [3.8, 4) is 45.5 Å². The summed E-state index contributed by atoms with van der Waals surface area (Å²) in [5.74, 6) is 1.61. The highest BCUT2D eigenvalue weighted by Crippen LogP contribution is 2.41. The van der Waals surface area contributed by atoms with Crippen molar-refractivity contribution >= 4 is 87.5 Å². The third-order valence-corrected chi connectivity index (χ3v) is 12.8. The van der Waals surface area contributed by atoms with Crippen LogP contribution in [0.4, 0.5) is 0 Å². The van der Waals surface area contributed by atoms with Crippen LogP contribution in [0.25, 0.3) is 133 Å². The Labute approximate surface area is 364 Å². The van der Waals surface area contributed by atoms with Crippen LogP contribution >= 0.6 is 0 Å². The van der Waals surface area contributed by atoms with Gasteiger partial charge in [-0.05, 0) is 78.9 Å². The molecule has 0 radical (unpaired) electrons. The van der Waals surface area contributed by atoms with Crippen molar-refractivity contribution in [1.82, 2.24) is 24.1 Å². The van der Waals surface area contributed by atoms with Gasteiger partial charge in [0.05, 0.1) is 27.6 Å². The topological polar surface area (TPSA) is 74.8 Å². The number of hydrogen-bond acceptors (Lipinski definition) is 5. The van der Waals surface area contributed by atoms with Gasteiger partial charge in [-0.3, -0.25) is 0 Å². The van der Waals surface area contributed by atoms with Crippen LogP contribution in [0.1, 0.15) is 0 Å². The molecule has 64 heavy (non-hydrogen) atoms. The highest BCUT2D eigenvalue weighted by atomic mass is 16.3. The molecule has 9 aromatic carbocycles. The summed E-state index contributed by atoms with van der Waals surface area (Å²) in [6.07, 6.45) is 0. The first-order chi connectivity index (χ1) is 31.7. The van der Waals surface area contributed by atoms with E-state index in [0.29, 0.717) is 17.5 Å². The van der Waals surface area contributed by atoms with Crippen molar-refractivity contribution in [2.45, 2.75) is 0 Å². The molecule has 7 heteroatoms. The lowest BCUT2D eigenvalue weighted by Crippen LogP contribution is -2.01. The van der Waals surface area contributed by atoms with E-state index in [4.69, 9.17) is 23.8 Å². The van der Waals surface area contributed by atoms with Gasteiger partial charge in [0.1, 0.15) is 22.3 Å². The Bertz CT molecular complexity index is 4210. The predicted octanol–water partition coefficient (Wildman–Crippen LogP) is 14.9. The minimum Gasteiger partial charge on any atom is -0.456 e. The van der Waals surface area contributed by atoms with E-state index in [9.17, 15) is 0 Å². The fourth-order valence-electron chi connectivity index (χ4n) is 9.89. The second-order valence-corrected chi connectivity index (χ2v) is 16.4. The Hall–Kier alpha value is -8.81. The van der Waals surface area contributed by atoms with Gasteiger partial charge >= 0.3 is 0 Å². The number of nitrogens with zero attached hydrogens (tertiary/aromatic N) is 5. The zero-order valence-corrected chi connectivity index (χ0v) is 34.1. The molecular weight excluding hydrogens is 787 g/mol. The largest absolute Gasteiger partial charge is 0.456 e. The van der Waals surface area contributed by atoms with E-state index in [0.717, 1.165) is 88.5 Å². The van der Waals surface area contributed by atoms with Gasteiger partial charge in [-0.15, -0.1) is 0 Å². The quantitative estimate of drug-likeness (QED) is 0.173. The fraction of sp³-hybridized carbons (Fsp3) is 0. The molecule has 5 heterocycles. The van der Waals surface area contributed by atoms with E-state index in [1.807, 2.05) is 54.6 Å². The molecule has 5 aromatic heterocycles. The van der Waals surface area contributed by atoms with Crippen molar-refractivity contribution in [2.75, 3.05) is 0 Å². The molecule has 298 valence electrons. The lowest BCUT2D eigenvalue weighted by molar-refractivity contribution is 0.668. The molecule has 14 rings (SSSR count). The van der Waals surface area contributed by atoms with E-state index in [-0.39, 0.29) is 0 Å². The monoisotopic (exact) mass is 819 g/mol. The maximum absolute atomic E-state index is 6.54. The number of aromatic nitrogens is 5. The Morgan fingerprint density at radius 1 is 0.297 bits per heavy atom. The summed E-state index contributed by atoms with van der Waals surface area (Å²) in [7, 11) is 0. The third-order valence-electron chi connectivity index (χ3n) is 12.8. The van der Waals surface area contributed by atoms with Crippen molar-refractivity contribution < 1.29 is 8.83 Å². The van der Waals surface area contributed by atoms with Crippen LogP contribution in [-0.4, -0.2) is 24.1 Å². The maximum Gasteiger partial charge on any atom is 0.167 e. The Balaban J connectivity index is 0.997. The average Bonchev–Trinajstić information content (AvgIpc) is 4.11. The van der Waals surface area contributed by atoms with Gasteiger partial charge in [-0.1, -0.05) is 121 Å². The third kappa shape index (κ3) is 5.12. The second-order valence-electron chi connectivity index (χ2n) is 16.4. The predicted molar refractivity (Wildman–Crippen MR) is 259 cm³/mol. The first-order valence-corrected chi connectivity index (χ1v) is 21.4. The van der Waals surface area contributed by atoms with Crippen molar-refractivity contribution in [3.05, 3.63) is 200 Å². The van der Waals surface area contributed by atoms with Gasteiger partial charge in [0, 0.05) is 65.6 Å². The molecule has 0 fully saturated rings. The van der Waals surface area contributed by atoms with E-state index >= 15 is 0 Å². The standard InChI is InChI=1S/C57H33N5O2/c1-2-15-36(16-3-1)61-47-24-8-4-18-38(47)45-32-46-39-19-5-9-25-48(39)62(50(46)33-49(45)61)37-17-12-14-34(30-37)55-58-56(35-28-29-42-40-20-6-10-26-51(40)63-53(42)31-35)60-57(59-55)44-23-13-22-43-41-21-7-11-27-52(41)64-54(43)44/h1-33H. The molecule has 0 atom stereocenters. The summed E-state index contributed by atoms with van der Waals surface area (Å²) in [5.41, 5.74) is 12.3. The van der Waals surface area contributed by atoms with Crippen LogP contribution in [0.2, 0.25) is 0 Å². The Kier molecular flexibility index (Phi) is 7.27. The van der Waals surface area contributed by atoms with Crippen molar-refractivity contribution in [1.29, 1.82) is 0 Å². The van der Waals surface area contributed by atoms with Gasteiger partial charge in [0.2, 0.25) is 0 Å². The van der Waals surface area contributed by atoms with Crippen LogP contribution in [-0.2, 0) is 0 Å². The molecule has 0 spiro atoms. The van der Waals surface area contributed by atoms with Gasteiger partial charge in [0.25, 0.3) is 0 Å². The molecular formula is C57H33N5O2. The molecule has 0 aliphatic heterocycles. The normalized spacial score (nSPS) is 12.1. The molecule has 0 amide bonds. The van der Waals surface area contributed by atoms with Gasteiger partial charge < -0.3 is 18.0 Å². The number of furan rings is 2. The summed E-state index contributed by atoms with van der Waals surface area (Å²) in [6.45, 7) is 0. The summed E-state index contributed by atoms with van der Waals surface area (Å²) >= 11 is 0. The molecule has 7 nitrogen and oxygen atoms in total. The molecule has 0 bridgehead atoms. The first kappa shape index (κ1) is 34.9. The SMILES string of the molecule is c1ccc(-n2c3ccccc3c3cc4c5ccccc5n(-c5cccc(-c6nc(-c7ccc8c(c7)oc7ccccc78)nc(-c7cccc8c7oc7ccccc78)n6)c5)c4cc32)cc1. The molecule has 0 aliphatic rings. The van der Waals surface area contributed by atoms with Crippen molar-refractivity contribution in [2.24, 2.45) is 0 Å². The van der Waals surface area contributed by atoms with Crippen LogP contribution < -0.4 is 0 Å². The van der Waals surface area contributed by atoms with Crippen molar-refractivity contribution in [3.63, 3.8) is 0 Å². The Morgan fingerprint density at radius 3 is 1.56 bits per heavy atom. The first-order valence-electron chi connectivity index (χ1n) is 21.4. The number of rotatable bonds is 5. The van der Waals surface area contributed by atoms with Gasteiger partial charge in [-0.2, -0.15) is 0 Å². The number of para-hydroxylation sites is 6. The summed E-state index contributed by atoms with van der Waals surface area (Å²) in [4.78, 5) is 15.7. The summed E-state index contributed by atoms with van der Waals surface area (Å²) in [5, 5.41) is 8.98. The molecule has 14 aromatic rings. The smallest absolute Gasteiger partial charge is 0.167 e. The van der Waals surface area contributed by atoms with Crippen LogP contribution in [0, 0.1) is 0 Å². The Morgan fingerprint density at radius 2 is 0.828 bits per heavy atom. The number of benzene rings is 9. The van der Waals surface area contributed by atoms with E-state index in [1.54, 1.807) is 0 Å². The van der Waals surface area contributed by atoms with E-state index in [2.05, 4.69) is 155 Å². The second kappa shape index (κ2) is 13.3. The molecule has 0 unspecified atom stereocenters. The van der Waals surface area contributed by atoms with E-state index in [1.165, 1.54) is 27.1 Å². The summed E-state index contributed by atoms with van der Waals surface area (Å²) < 4.78 is 17.6. The maximum atomic E-state index is 6.54. The zero-order chi connectivity index (χ0) is 41.9. The number of hydrogen-bond donors (Lipinski definition) is 0. The van der Waals surface area contributed by atoms with E-state index < -0.39 is 0 Å².